The quantitative estimate of drug-likeness (QED) is 0.0843. The fourth-order valence-electron chi connectivity index (χ4n) is 5.45. The number of carboxylic acids is 1. The summed E-state index contributed by atoms with van der Waals surface area (Å²) in [7, 11) is 0. The molecule has 236 valence electrons. The summed E-state index contributed by atoms with van der Waals surface area (Å²) < 4.78 is 0. The zero-order valence-electron chi connectivity index (χ0n) is 26.6. The predicted molar refractivity (Wildman–Crippen MR) is 168 cm³/mol. The standard InChI is InChI=1S/C34H66N2O4/c1-3-5-7-9-11-13-14-15-16-18-20-22-24-29-33(38)36(31(34(39)40)27-25-26-30-35)32(37)28-23-21-19-17-12-10-8-6-4-2/h31H,3-30,35H2,1-2H3,(H,39,40)/t31-/m0/s1. The maximum absolute atomic E-state index is 13.1. The van der Waals surface area contributed by atoms with E-state index in [2.05, 4.69) is 13.8 Å². The Labute approximate surface area is 247 Å². The molecular weight excluding hydrogens is 500 g/mol. The molecule has 0 heterocycles. The van der Waals surface area contributed by atoms with E-state index in [1.165, 1.54) is 103 Å². The second-order valence-electron chi connectivity index (χ2n) is 11.9. The number of hydrogen-bond donors (Lipinski definition) is 2. The van der Waals surface area contributed by atoms with E-state index >= 15 is 0 Å². The summed E-state index contributed by atoms with van der Waals surface area (Å²) in [6, 6.07) is -1.08. The first-order valence-corrected chi connectivity index (χ1v) is 17.3. The minimum absolute atomic E-state index is 0.251. The van der Waals surface area contributed by atoms with Gasteiger partial charge >= 0.3 is 5.97 Å². The highest BCUT2D eigenvalue weighted by atomic mass is 16.4. The van der Waals surface area contributed by atoms with Gasteiger partial charge in [0.1, 0.15) is 6.04 Å². The van der Waals surface area contributed by atoms with Crippen molar-refractivity contribution in [3.8, 4) is 0 Å². The number of nitrogens with two attached hydrogens (primary N) is 1. The van der Waals surface area contributed by atoms with E-state index in [1.54, 1.807) is 0 Å². The van der Waals surface area contributed by atoms with Crippen molar-refractivity contribution in [3.05, 3.63) is 0 Å². The highest BCUT2D eigenvalue weighted by molar-refractivity contribution is 5.99. The molecule has 0 bridgehead atoms. The summed E-state index contributed by atoms with van der Waals surface area (Å²) in [5.41, 5.74) is 5.59. The lowest BCUT2D eigenvalue weighted by Crippen LogP contribution is -2.48. The van der Waals surface area contributed by atoms with E-state index in [1.807, 2.05) is 0 Å². The van der Waals surface area contributed by atoms with Gasteiger partial charge in [0, 0.05) is 12.8 Å². The maximum Gasteiger partial charge on any atom is 0.326 e. The average Bonchev–Trinajstić information content (AvgIpc) is 2.94. The molecule has 0 radical (unpaired) electrons. The van der Waals surface area contributed by atoms with Gasteiger partial charge in [0.2, 0.25) is 11.8 Å². The van der Waals surface area contributed by atoms with Crippen molar-refractivity contribution in [1.29, 1.82) is 0 Å². The summed E-state index contributed by atoms with van der Waals surface area (Å²) in [5.74, 6) is -1.72. The van der Waals surface area contributed by atoms with Crippen molar-refractivity contribution in [2.24, 2.45) is 5.73 Å². The number of unbranched alkanes of at least 4 members (excludes halogenated alkanes) is 21. The second-order valence-corrected chi connectivity index (χ2v) is 11.9. The molecule has 0 unspecified atom stereocenters. The third-order valence-corrected chi connectivity index (χ3v) is 8.05. The molecule has 2 amide bonds. The third-order valence-electron chi connectivity index (χ3n) is 8.05. The average molecular weight is 567 g/mol. The molecule has 0 aliphatic rings. The van der Waals surface area contributed by atoms with Crippen LogP contribution in [0.3, 0.4) is 0 Å². The van der Waals surface area contributed by atoms with Crippen LogP contribution < -0.4 is 5.73 Å². The Bertz CT molecular complexity index is 611. The molecule has 0 aliphatic heterocycles. The van der Waals surface area contributed by atoms with Gasteiger partial charge in [-0.3, -0.25) is 14.5 Å². The number of imide groups is 1. The molecule has 0 saturated carbocycles. The van der Waals surface area contributed by atoms with Crippen LogP contribution in [-0.2, 0) is 14.4 Å². The first kappa shape index (κ1) is 38.6. The Kier molecular flexibility index (Phi) is 28.0. The van der Waals surface area contributed by atoms with Crippen molar-refractivity contribution < 1.29 is 19.5 Å². The van der Waals surface area contributed by atoms with Gasteiger partial charge in [-0.05, 0) is 38.6 Å². The second kappa shape index (κ2) is 29.1. The smallest absolute Gasteiger partial charge is 0.326 e. The molecule has 6 nitrogen and oxygen atoms in total. The molecule has 0 aromatic heterocycles. The van der Waals surface area contributed by atoms with E-state index < -0.39 is 12.0 Å². The number of carbonyl (C=O) groups excluding carboxylic acids is 2. The number of carboxylic acid groups (broad SMARTS) is 1. The summed E-state index contributed by atoms with van der Waals surface area (Å²) >= 11 is 0. The lowest BCUT2D eigenvalue weighted by molar-refractivity contribution is -0.158. The van der Waals surface area contributed by atoms with E-state index in [0.29, 0.717) is 32.2 Å². The number of hydrogen-bond acceptors (Lipinski definition) is 4. The lowest BCUT2D eigenvalue weighted by atomic mass is 10.0. The van der Waals surface area contributed by atoms with E-state index in [4.69, 9.17) is 5.73 Å². The summed E-state index contributed by atoms with van der Waals surface area (Å²) in [5, 5.41) is 9.88. The zero-order valence-corrected chi connectivity index (χ0v) is 26.6. The molecule has 1 atom stereocenters. The van der Waals surface area contributed by atoms with Crippen molar-refractivity contribution in [2.75, 3.05) is 6.54 Å². The number of rotatable bonds is 30. The Morgan fingerprint density at radius 1 is 0.525 bits per heavy atom. The van der Waals surface area contributed by atoms with Crippen LogP contribution in [0.1, 0.15) is 187 Å². The van der Waals surface area contributed by atoms with Crippen LogP contribution in [0.4, 0.5) is 0 Å². The van der Waals surface area contributed by atoms with Crippen molar-refractivity contribution in [2.45, 2.75) is 193 Å². The van der Waals surface area contributed by atoms with Gasteiger partial charge in [0.15, 0.2) is 0 Å². The van der Waals surface area contributed by atoms with Crippen molar-refractivity contribution >= 4 is 17.8 Å². The number of carbonyl (C=O) groups is 3. The van der Waals surface area contributed by atoms with Crippen molar-refractivity contribution in [1.82, 2.24) is 4.90 Å². The van der Waals surface area contributed by atoms with Crippen LogP contribution in [0.15, 0.2) is 0 Å². The molecular formula is C34H66N2O4. The van der Waals surface area contributed by atoms with Gasteiger partial charge in [0.25, 0.3) is 0 Å². The number of amides is 2. The minimum Gasteiger partial charge on any atom is -0.480 e. The topological polar surface area (TPSA) is 101 Å². The molecule has 0 aromatic rings. The maximum atomic E-state index is 13.1. The molecule has 0 rings (SSSR count). The molecule has 6 heteroatoms. The number of aliphatic carboxylic acids is 1. The van der Waals surface area contributed by atoms with Crippen LogP contribution in [0.25, 0.3) is 0 Å². The molecule has 40 heavy (non-hydrogen) atoms. The van der Waals surface area contributed by atoms with Gasteiger partial charge in [-0.25, -0.2) is 4.79 Å². The zero-order chi connectivity index (χ0) is 29.7. The fraction of sp³-hybridized carbons (Fsp3) is 0.912. The van der Waals surface area contributed by atoms with Crippen LogP contribution in [0.5, 0.6) is 0 Å². The largest absolute Gasteiger partial charge is 0.480 e. The Morgan fingerprint density at radius 3 is 1.15 bits per heavy atom. The molecule has 0 saturated heterocycles. The Balaban J connectivity index is 4.45. The van der Waals surface area contributed by atoms with E-state index in [-0.39, 0.29) is 31.1 Å². The van der Waals surface area contributed by atoms with Gasteiger partial charge < -0.3 is 10.8 Å². The lowest BCUT2D eigenvalue weighted by Gasteiger charge is -2.27. The fourth-order valence-corrected chi connectivity index (χ4v) is 5.45. The number of nitrogens with zero attached hydrogens (tertiary/aromatic N) is 1. The summed E-state index contributed by atoms with van der Waals surface area (Å²) in [6.07, 6.45) is 28.3. The predicted octanol–water partition coefficient (Wildman–Crippen LogP) is 9.33. The molecule has 0 spiro atoms. The molecule has 0 fully saturated rings. The highest BCUT2D eigenvalue weighted by Crippen LogP contribution is 2.18. The molecule has 3 N–H and O–H groups in total. The van der Waals surface area contributed by atoms with Gasteiger partial charge in [-0.1, -0.05) is 142 Å². The third kappa shape index (κ3) is 22.3. The van der Waals surface area contributed by atoms with E-state index in [0.717, 1.165) is 30.6 Å². The first-order chi connectivity index (χ1) is 19.5. The first-order valence-electron chi connectivity index (χ1n) is 17.3. The van der Waals surface area contributed by atoms with E-state index in [9.17, 15) is 19.5 Å². The Morgan fingerprint density at radius 2 is 0.850 bits per heavy atom. The summed E-state index contributed by atoms with van der Waals surface area (Å²) in [4.78, 5) is 39.4. The minimum atomic E-state index is -1.09. The SMILES string of the molecule is CCCCCCCCCCCCCCCC(=O)N(C(=O)CCCCCCCCCCC)[C@@H](CCCCN)C(=O)O. The van der Waals surface area contributed by atoms with Crippen molar-refractivity contribution in [3.63, 3.8) is 0 Å². The van der Waals surface area contributed by atoms with Gasteiger partial charge in [-0.15, -0.1) is 0 Å². The van der Waals surface area contributed by atoms with Gasteiger partial charge in [-0.2, -0.15) is 0 Å². The molecule has 0 aliphatic carbocycles. The Hall–Kier alpha value is -1.43. The van der Waals surface area contributed by atoms with Gasteiger partial charge in [0.05, 0.1) is 0 Å². The van der Waals surface area contributed by atoms with Crippen LogP contribution in [0, 0.1) is 0 Å². The monoisotopic (exact) mass is 567 g/mol. The van der Waals surface area contributed by atoms with Crippen LogP contribution >= 0.6 is 0 Å². The highest BCUT2D eigenvalue weighted by Gasteiger charge is 2.33. The normalized spacial score (nSPS) is 12.0. The summed E-state index contributed by atoms with van der Waals surface area (Å²) in [6.45, 7) is 4.95. The van der Waals surface area contributed by atoms with Crippen LogP contribution in [0.2, 0.25) is 0 Å². The van der Waals surface area contributed by atoms with Crippen LogP contribution in [-0.4, -0.2) is 40.4 Å². The molecule has 0 aromatic carbocycles.